The molecule has 4 aromatic rings. The largest absolute Gasteiger partial charge is 0.342 e. The van der Waals surface area contributed by atoms with Crippen LogP contribution in [0.5, 0.6) is 0 Å². The second-order valence-corrected chi connectivity index (χ2v) is 8.37. The third-order valence-corrected chi connectivity index (χ3v) is 6.10. The summed E-state index contributed by atoms with van der Waals surface area (Å²) in [7, 11) is 1.74. The number of amides is 1. The highest BCUT2D eigenvalue weighted by Gasteiger charge is 2.31. The number of rotatable bonds is 4. The first kappa shape index (κ1) is 21.2. The summed E-state index contributed by atoms with van der Waals surface area (Å²) in [4.78, 5) is 22.7. The Labute approximate surface area is 188 Å². The van der Waals surface area contributed by atoms with E-state index in [0.717, 1.165) is 25.3 Å². The molecule has 0 saturated carbocycles. The third-order valence-electron chi connectivity index (χ3n) is 6.10. The van der Waals surface area contributed by atoms with Gasteiger partial charge in [0, 0.05) is 37.8 Å². The van der Waals surface area contributed by atoms with Gasteiger partial charge >= 0.3 is 0 Å². The van der Waals surface area contributed by atoms with Crippen molar-refractivity contribution in [1.82, 2.24) is 24.6 Å². The van der Waals surface area contributed by atoms with Crippen molar-refractivity contribution >= 4 is 16.9 Å². The Balaban J connectivity index is 1.44. The van der Waals surface area contributed by atoms with Crippen LogP contribution < -0.4 is 0 Å². The highest BCUT2D eigenvalue weighted by atomic mass is 19.2. The molecule has 1 N–H and O–H groups in total. The minimum Gasteiger partial charge on any atom is -0.342 e. The van der Waals surface area contributed by atoms with Crippen molar-refractivity contribution in [2.75, 3.05) is 6.54 Å². The van der Waals surface area contributed by atoms with E-state index in [4.69, 9.17) is 0 Å². The van der Waals surface area contributed by atoms with Gasteiger partial charge in [0.15, 0.2) is 17.3 Å². The molecule has 0 bridgehead atoms. The molecule has 170 valence electrons. The number of imidazole rings is 1. The summed E-state index contributed by atoms with van der Waals surface area (Å²) < 4.78 is 42.6. The lowest BCUT2D eigenvalue weighted by atomic mass is 9.97. The molecule has 5 rings (SSSR count). The maximum atomic E-state index is 14.1. The number of hydrogen-bond acceptors (Lipinski definition) is 3. The van der Waals surface area contributed by atoms with Gasteiger partial charge in [0.05, 0.1) is 5.52 Å². The molecule has 2 aromatic carbocycles. The van der Waals surface area contributed by atoms with Gasteiger partial charge in [-0.1, -0.05) is 12.1 Å². The number of aromatic amines is 1. The number of benzene rings is 2. The standard InChI is InChI=1S/C24H22F3N5O/c1-31-13-17(14-5-7-15(25)8-6-14)22(30-31)24(33)32-11-3-2-4-16(32)12-20-28-19-10-9-18(26)21(27)23(19)29-20/h5-10,13,16H,2-4,11-12H2,1H3,(H,28,29). The molecule has 1 amide bonds. The summed E-state index contributed by atoms with van der Waals surface area (Å²) >= 11 is 0. The maximum Gasteiger partial charge on any atom is 0.275 e. The highest BCUT2D eigenvalue weighted by Crippen LogP contribution is 2.28. The zero-order chi connectivity index (χ0) is 23.1. The molecule has 3 heterocycles. The first-order chi connectivity index (χ1) is 15.9. The van der Waals surface area contributed by atoms with E-state index >= 15 is 0 Å². The number of piperidine rings is 1. The van der Waals surface area contributed by atoms with Crippen LogP contribution in [0.2, 0.25) is 0 Å². The number of halogens is 3. The molecule has 1 fully saturated rings. The van der Waals surface area contributed by atoms with Gasteiger partial charge in [-0.25, -0.2) is 18.2 Å². The molecule has 0 aliphatic carbocycles. The lowest BCUT2D eigenvalue weighted by Gasteiger charge is -2.35. The molecule has 9 heteroatoms. The van der Waals surface area contributed by atoms with Gasteiger partial charge < -0.3 is 9.88 Å². The second kappa shape index (κ2) is 8.38. The van der Waals surface area contributed by atoms with Crippen LogP contribution in [0.15, 0.2) is 42.6 Å². The smallest absolute Gasteiger partial charge is 0.275 e. The highest BCUT2D eigenvalue weighted by molar-refractivity contribution is 5.99. The molecule has 1 aliphatic heterocycles. The summed E-state index contributed by atoms with van der Waals surface area (Å²) in [6.07, 6.45) is 4.71. The summed E-state index contributed by atoms with van der Waals surface area (Å²) in [5, 5.41) is 4.40. The van der Waals surface area contributed by atoms with Crippen molar-refractivity contribution in [1.29, 1.82) is 0 Å². The van der Waals surface area contributed by atoms with Gasteiger partial charge in [0.1, 0.15) is 17.2 Å². The average Bonchev–Trinajstić information content (AvgIpc) is 3.40. The minimum atomic E-state index is -0.982. The van der Waals surface area contributed by atoms with Crippen molar-refractivity contribution in [2.45, 2.75) is 31.7 Å². The van der Waals surface area contributed by atoms with E-state index in [2.05, 4.69) is 15.1 Å². The van der Waals surface area contributed by atoms with Gasteiger partial charge in [-0.15, -0.1) is 0 Å². The molecule has 33 heavy (non-hydrogen) atoms. The number of carbonyl (C=O) groups is 1. The topological polar surface area (TPSA) is 66.8 Å². The number of hydrogen-bond donors (Lipinski definition) is 1. The summed E-state index contributed by atoms with van der Waals surface area (Å²) in [6, 6.07) is 8.30. The van der Waals surface area contributed by atoms with Gasteiger partial charge in [-0.05, 0) is 49.1 Å². The van der Waals surface area contributed by atoms with Crippen molar-refractivity contribution in [3.05, 3.63) is 71.6 Å². The molecule has 6 nitrogen and oxygen atoms in total. The van der Waals surface area contributed by atoms with Crippen LogP contribution in [0.25, 0.3) is 22.2 Å². The number of carbonyl (C=O) groups excluding carboxylic acids is 1. The number of nitrogens with zero attached hydrogens (tertiary/aromatic N) is 4. The quantitative estimate of drug-likeness (QED) is 0.491. The van der Waals surface area contributed by atoms with Crippen LogP contribution in [-0.2, 0) is 13.5 Å². The lowest BCUT2D eigenvalue weighted by molar-refractivity contribution is 0.0605. The molecular weight excluding hydrogens is 431 g/mol. The number of H-pyrrole nitrogens is 1. The number of likely N-dealkylation sites (tertiary alicyclic amines) is 1. The average molecular weight is 453 g/mol. The minimum absolute atomic E-state index is 0.0398. The Bertz CT molecular complexity index is 1330. The van der Waals surface area contributed by atoms with Gasteiger partial charge in [-0.3, -0.25) is 9.48 Å². The number of aromatic nitrogens is 4. The van der Waals surface area contributed by atoms with E-state index in [1.807, 2.05) is 0 Å². The Morgan fingerprint density at radius 1 is 1.12 bits per heavy atom. The van der Waals surface area contributed by atoms with Crippen molar-refractivity contribution in [3.63, 3.8) is 0 Å². The van der Waals surface area contributed by atoms with Gasteiger partial charge in [0.2, 0.25) is 0 Å². The summed E-state index contributed by atoms with van der Waals surface area (Å²) in [6.45, 7) is 0.562. The van der Waals surface area contributed by atoms with E-state index in [1.165, 1.54) is 18.2 Å². The fourth-order valence-corrected chi connectivity index (χ4v) is 4.49. The van der Waals surface area contributed by atoms with Crippen LogP contribution in [0.3, 0.4) is 0 Å². The zero-order valence-electron chi connectivity index (χ0n) is 18.0. The maximum absolute atomic E-state index is 14.1. The first-order valence-electron chi connectivity index (χ1n) is 10.8. The van der Waals surface area contributed by atoms with E-state index < -0.39 is 11.6 Å². The summed E-state index contributed by atoms with van der Waals surface area (Å²) in [5.74, 6) is -2.00. The van der Waals surface area contributed by atoms with E-state index in [1.54, 1.807) is 35.0 Å². The molecule has 1 aliphatic rings. The lowest BCUT2D eigenvalue weighted by Crippen LogP contribution is -2.45. The van der Waals surface area contributed by atoms with Crippen LogP contribution in [-0.4, -0.2) is 43.1 Å². The van der Waals surface area contributed by atoms with Crippen LogP contribution in [0.1, 0.15) is 35.6 Å². The SMILES string of the molecule is Cn1cc(-c2ccc(F)cc2)c(C(=O)N2CCCCC2Cc2nc3c(F)c(F)ccc3[nH]2)n1. The molecular formula is C24H22F3N5O. The monoisotopic (exact) mass is 453 g/mol. The fourth-order valence-electron chi connectivity index (χ4n) is 4.49. The number of nitrogens with one attached hydrogen (secondary N) is 1. The molecule has 1 unspecified atom stereocenters. The van der Waals surface area contributed by atoms with Crippen molar-refractivity contribution in [3.8, 4) is 11.1 Å². The molecule has 0 radical (unpaired) electrons. The zero-order valence-corrected chi connectivity index (χ0v) is 18.0. The predicted molar refractivity (Wildman–Crippen MR) is 117 cm³/mol. The second-order valence-electron chi connectivity index (χ2n) is 8.37. The van der Waals surface area contributed by atoms with Crippen LogP contribution in [0, 0.1) is 17.5 Å². The van der Waals surface area contributed by atoms with E-state index in [9.17, 15) is 18.0 Å². The van der Waals surface area contributed by atoms with Crippen molar-refractivity contribution < 1.29 is 18.0 Å². The van der Waals surface area contributed by atoms with Crippen molar-refractivity contribution in [2.24, 2.45) is 7.05 Å². The number of aryl methyl sites for hydroxylation is 1. The Kier molecular flexibility index (Phi) is 5.39. The predicted octanol–water partition coefficient (Wildman–Crippen LogP) is 4.62. The Morgan fingerprint density at radius 3 is 2.70 bits per heavy atom. The summed E-state index contributed by atoms with van der Waals surface area (Å²) in [5.41, 5.74) is 2.01. The van der Waals surface area contributed by atoms with Crippen LogP contribution >= 0.6 is 0 Å². The van der Waals surface area contributed by atoms with Gasteiger partial charge in [-0.2, -0.15) is 5.10 Å². The molecule has 1 saturated heterocycles. The number of fused-ring (bicyclic) bond motifs is 1. The fraction of sp³-hybridized carbons (Fsp3) is 0.292. The Morgan fingerprint density at radius 2 is 1.91 bits per heavy atom. The third kappa shape index (κ3) is 3.99. The van der Waals surface area contributed by atoms with E-state index in [0.29, 0.717) is 41.1 Å². The van der Waals surface area contributed by atoms with E-state index in [-0.39, 0.29) is 23.3 Å². The molecule has 1 atom stereocenters. The molecule has 2 aromatic heterocycles. The Hall–Kier alpha value is -3.62. The first-order valence-corrected chi connectivity index (χ1v) is 10.8. The van der Waals surface area contributed by atoms with Crippen LogP contribution in [0.4, 0.5) is 13.2 Å². The normalized spacial score (nSPS) is 16.5. The van der Waals surface area contributed by atoms with Gasteiger partial charge in [0.25, 0.3) is 5.91 Å². The molecule has 0 spiro atoms.